The highest BCUT2D eigenvalue weighted by molar-refractivity contribution is 6.49. The van der Waals surface area contributed by atoms with Crippen LogP contribution < -0.4 is 9.11 Å². The fourth-order valence-corrected chi connectivity index (χ4v) is 6.02. The average Bonchev–Trinajstić information content (AvgIpc) is 2.77. The van der Waals surface area contributed by atoms with Crippen molar-refractivity contribution in [1.29, 1.82) is 0 Å². The Balaban J connectivity index is 1.15. The number of unbranched alkanes of at least 4 members (excludes halogenated alkanes) is 3. The molecule has 3 unspecified atom stereocenters. The second-order valence-electron chi connectivity index (χ2n) is 9.55. The van der Waals surface area contributed by atoms with Crippen LogP contribution in [0.5, 0.6) is 5.75 Å². The van der Waals surface area contributed by atoms with Gasteiger partial charge in [0.1, 0.15) is 11.3 Å². The number of pyridine rings is 1. The molecule has 3 aliphatic carbocycles. The first-order valence-corrected chi connectivity index (χ1v) is 14.9. The zero-order valence-corrected chi connectivity index (χ0v) is 19.9. The van der Waals surface area contributed by atoms with Gasteiger partial charge in [0.05, 0.1) is 0 Å². The van der Waals surface area contributed by atoms with E-state index >= 15 is 0 Å². The van der Waals surface area contributed by atoms with E-state index in [-0.39, 0.29) is 0 Å². The Morgan fingerprint density at radius 1 is 1.07 bits per heavy atom. The van der Waals surface area contributed by atoms with Crippen LogP contribution >= 0.6 is 0 Å². The summed E-state index contributed by atoms with van der Waals surface area (Å²) in [5, 5.41) is 4.86. The van der Waals surface area contributed by atoms with Gasteiger partial charge in [-0.05, 0) is 74.1 Å². The molecule has 0 amide bonds. The van der Waals surface area contributed by atoms with Crippen molar-refractivity contribution in [2.75, 3.05) is 6.54 Å². The maximum atomic E-state index is 6.08. The smallest absolute Gasteiger partial charge is 0.540 e. The maximum Gasteiger partial charge on any atom is 0.540 e. The normalized spacial score (nSPS) is 22.5. The topological polar surface area (TPSA) is 34.1 Å². The Labute approximate surface area is 187 Å². The Hall–Kier alpha value is -1.34. The number of hydrogen-bond acceptors (Lipinski definition) is 3. The number of fused-ring (bicyclic) bond motifs is 3. The molecule has 1 heterocycles. The monoisotopic (exact) mass is 420 g/mol. The molecular formula is C26H37AlN2O. The van der Waals surface area contributed by atoms with Crippen LogP contribution in [0.15, 0.2) is 42.6 Å². The lowest BCUT2D eigenvalue weighted by Crippen LogP contribution is -2.27. The van der Waals surface area contributed by atoms with Gasteiger partial charge in [-0.2, -0.15) is 0 Å². The third-order valence-electron chi connectivity index (χ3n) is 6.89. The molecule has 3 nitrogen and oxygen atoms in total. The highest BCUT2D eigenvalue weighted by Gasteiger charge is 2.30. The molecule has 0 saturated heterocycles. The van der Waals surface area contributed by atoms with Gasteiger partial charge < -0.3 is 9.11 Å². The van der Waals surface area contributed by atoms with Gasteiger partial charge in [0, 0.05) is 18.1 Å². The van der Waals surface area contributed by atoms with E-state index in [0.29, 0.717) is 0 Å². The molecule has 4 heteroatoms. The first-order valence-electron chi connectivity index (χ1n) is 12.1. The van der Waals surface area contributed by atoms with Crippen molar-refractivity contribution in [2.45, 2.75) is 69.5 Å². The van der Waals surface area contributed by atoms with Gasteiger partial charge in [-0.1, -0.05) is 55.1 Å². The number of rotatable bonds is 11. The number of benzene rings is 1. The number of aromatic nitrogens is 1. The Morgan fingerprint density at radius 3 is 2.73 bits per heavy atom. The van der Waals surface area contributed by atoms with E-state index in [1.54, 1.807) is 0 Å². The lowest BCUT2D eigenvalue weighted by molar-refractivity contribution is 0.205. The molecule has 3 atom stereocenters. The molecule has 30 heavy (non-hydrogen) atoms. The lowest BCUT2D eigenvalue weighted by Gasteiger charge is -2.38. The quantitative estimate of drug-likeness (QED) is 0.256. The number of nitrogens with one attached hydrogen (secondary N) is 1. The van der Waals surface area contributed by atoms with E-state index in [1.165, 1.54) is 62.3 Å². The van der Waals surface area contributed by atoms with Gasteiger partial charge in [0.15, 0.2) is 0 Å². The molecule has 1 fully saturated rings. The molecule has 0 spiro atoms. The Bertz CT molecular complexity index is 850. The zero-order valence-electron chi connectivity index (χ0n) is 18.8. The standard InChI is InChI=1S/C24H32N2O.2CH3.Al/c27-23-13-12-21(22-7-5-15-26-24(22)23)17-25-14-4-2-1-3-6-20-16-18-8-10-19(20)11-9-18;;;/h5,7-8,10,12-13,15,18-20,25,27H,1-4,6,9,11,14,16-17H2;2*1H3;/q;;;+1/p-1. The minimum absolute atomic E-state index is 0.902. The number of allylic oxidation sites excluding steroid dienone is 2. The van der Waals surface area contributed by atoms with E-state index < -0.39 is 14.5 Å². The van der Waals surface area contributed by atoms with E-state index in [4.69, 9.17) is 3.79 Å². The molecule has 1 aromatic carbocycles. The van der Waals surface area contributed by atoms with Crippen molar-refractivity contribution in [3.63, 3.8) is 0 Å². The van der Waals surface area contributed by atoms with Crippen LogP contribution in [-0.4, -0.2) is 26.0 Å². The van der Waals surface area contributed by atoms with Crippen LogP contribution in [-0.2, 0) is 6.54 Å². The summed E-state index contributed by atoms with van der Waals surface area (Å²) in [5.74, 6) is 8.13. The molecule has 1 aromatic heterocycles. The molecular weight excluding hydrogens is 383 g/mol. The molecule has 5 rings (SSSR count). The summed E-state index contributed by atoms with van der Waals surface area (Å²) >= 11 is -1.13. The van der Waals surface area contributed by atoms with Gasteiger partial charge in [-0.25, -0.2) is 0 Å². The lowest BCUT2D eigenvalue weighted by atomic mass is 9.67. The van der Waals surface area contributed by atoms with Crippen molar-refractivity contribution >= 4 is 25.4 Å². The number of hydrogen-bond donors (Lipinski definition) is 1. The molecule has 0 radical (unpaired) electrons. The first-order chi connectivity index (χ1) is 14.7. The average molecular weight is 421 g/mol. The van der Waals surface area contributed by atoms with Crippen LogP contribution in [0.4, 0.5) is 0 Å². The second kappa shape index (κ2) is 10.8. The summed E-state index contributed by atoms with van der Waals surface area (Å²) in [5.41, 5.74) is 2.32. The molecule has 2 aromatic rings. The molecule has 1 N–H and O–H groups in total. The minimum atomic E-state index is -1.13. The summed E-state index contributed by atoms with van der Waals surface area (Å²) in [6.45, 7) is 1.99. The zero-order chi connectivity index (χ0) is 20.8. The first kappa shape index (κ1) is 21.9. The van der Waals surface area contributed by atoms with Gasteiger partial charge in [0.2, 0.25) is 0 Å². The maximum absolute atomic E-state index is 6.08. The van der Waals surface area contributed by atoms with Crippen LogP contribution in [0.1, 0.15) is 56.9 Å². The summed E-state index contributed by atoms with van der Waals surface area (Å²) in [4.78, 5) is 4.59. The summed E-state index contributed by atoms with van der Waals surface area (Å²) < 4.78 is 6.08. The van der Waals surface area contributed by atoms with Gasteiger partial charge in [-0.3, -0.25) is 4.98 Å². The SMILES string of the molecule is [CH3][Al]([CH3])[O]c1ccc(CNCCCCCCC2CC3C=CC2CC3)c2cccnc12. The second-order valence-corrected chi connectivity index (χ2v) is 11.9. The van der Waals surface area contributed by atoms with Crippen molar-refractivity contribution in [3.8, 4) is 5.75 Å². The van der Waals surface area contributed by atoms with Crippen LogP contribution in [0.2, 0.25) is 11.6 Å². The van der Waals surface area contributed by atoms with Crippen molar-refractivity contribution in [1.82, 2.24) is 10.3 Å². The van der Waals surface area contributed by atoms with E-state index in [1.807, 2.05) is 12.3 Å². The van der Waals surface area contributed by atoms with Gasteiger partial charge in [-0.15, -0.1) is 0 Å². The molecule has 0 aliphatic heterocycles. The van der Waals surface area contributed by atoms with Gasteiger partial charge >= 0.3 is 14.5 Å². The van der Waals surface area contributed by atoms with Crippen LogP contribution in [0.25, 0.3) is 10.9 Å². The Kier molecular flexibility index (Phi) is 7.88. The van der Waals surface area contributed by atoms with Crippen molar-refractivity contribution in [2.24, 2.45) is 17.8 Å². The van der Waals surface area contributed by atoms with E-state index in [0.717, 1.165) is 42.1 Å². The predicted molar refractivity (Wildman–Crippen MR) is 128 cm³/mol. The fourth-order valence-electron chi connectivity index (χ4n) is 5.33. The largest absolute Gasteiger partial charge is 0.641 e. The summed E-state index contributed by atoms with van der Waals surface area (Å²) in [6, 6.07) is 8.50. The molecule has 3 aliphatic rings. The molecule has 2 bridgehead atoms. The highest BCUT2D eigenvalue weighted by atomic mass is 27.2. The third-order valence-corrected chi connectivity index (χ3v) is 7.62. The predicted octanol–water partition coefficient (Wildman–Crippen LogP) is 6.51. The molecule has 1 saturated carbocycles. The molecule has 160 valence electrons. The van der Waals surface area contributed by atoms with E-state index in [9.17, 15) is 0 Å². The summed E-state index contributed by atoms with van der Waals surface area (Å²) in [7, 11) is 0. The van der Waals surface area contributed by atoms with Crippen molar-refractivity contribution < 1.29 is 3.79 Å². The van der Waals surface area contributed by atoms with Crippen molar-refractivity contribution in [3.05, 3.63) is 48.2 Å². The number of nitrogens with zero attached hydrogens (tertiary/aromatic N) is 1. The highest BCUT2D eigenvalue weighted by Crippen LogP contribution is 2.42. The van der Waals surface area contributed by atoms with Crippen LogP contribution in [0, 0.1) is 17.8 Å². The van der Waals surface area contributed by atoms with Crippen LogP contribution in [0.3, 0.4) is 0 Å². The third kappa shape index (κ3) is 5.67. The van der Waals surface area contributed by atoms with Gasteiger partial charge in [0.25, 0.3) is 0 Å². The van der Waals surface area contributed by atoms with E-state index in [2.05, 4.69) is 52.2 Å². The fraction of sp³-hybridized carbons (Fsp3) is 0.577. The Morgan fingerprint density at radius 2 is 1.97 bits per heavy atom. The minimum Gasteiger partial charge on any atom is -0.641 e. The summed E-state index contributed by atoms with van der Waals surface area (Å²) in [6.07, 6.45) is 18.1.